The van der Waals surface area contributed by atoms with E-state index in [1.54, 1.807) is 12.1 Å². The van der Waals surface area contributed by atoms with Crippen LogP contribution in [0, 0.1) is 23.0 Å². The second-order valence-electron chi connectivity index (χ2n) is 4.61. The van der Waals surface area contributed by atoms with E-state index in [4.69, 9.17) is 10.00 Å². The molecule has 102 valence electrons. The van der Waals surface area contributed by atoms with E-state index in [-0.39, 0.29) is 11.7 Å². The van der Waals surface area contributed by atoms with Gasteiger partial charge >= 0.3 is 0 Å². The van der Waals surface area contributed by atoms with Crippen LogP contribution in [-0.4, -0.2) is 6.10 Å². The van der Waals surface area contributed by atoms with Crippen LogP contribution >= 0.6 is 0 Å². The molecule has 0 unspecified atom stereocenters. The van der Waals surface area contributed by atoms with Crippen LogP contribution in [0.2, 0.25) is 0 Å². The topological polar surface area (TPSA) is 33.0 Å². The van der Waals surface area contributed by atoms with Gasteiger partial charge in [0.25, 0.3) is 0 Å². The van der Waals surface area contributed by atoms with Gasteiger partial charge in [0, 0.05) is 17.2 Å². The SMILES string of the molecule is CC(C)Oc1ccc(C#N)cc1-c1ccc(F)cc1F. The Kier molecular flexibility index (Phi) is 3.99. The highest BCUT2D eigenvalue weighted by atomic mass is 19.1. The normalized spacial score (nSPS) is 10.4. The standard InChI is InChI=1S/C16H13F2NO/c1-10(2)20-16-6-3-11(9-19)7-14(16)13-5-4-12(17)8-15(13)18/h3-8,10H,1-2H3. The Hall–Kier alpha value is -2.41. The van der Waals surface area contributed by atoms with Crippen LogP contribution in [0.4, 0.5) is 8.78 Å². The van der Waals surface area contributed by atoms with Crippen LogP contribution in [0.15, 0.2) is 36.4 Å². The van der Waals surface area contributed by atoms with Crippen molar-refractivity contribution in [1.82, 2.24) is 0 Å². The summed E-state index contributed by atoms with van der Waals surface area (Å²) in [4.78, 5) is 0. The third-order valence-corrected chi connectivity index (χ3v) is 2.69. The Morgan fingerprint density at radius 1 is 1.05 bits per heavy atom. The lowest BCUT2D eigenvalue weighted by Crippen LogP contribution is -2.07. The van der Waals surface area contributed by atoms with Crippen molar-refractivity contribution < 1.29 is 13.5 Å². The van der Waals surface area contributed by atoms with E-state index in [1.165, 1.54) is 18.2 Å². The highest BCUT2D eigenvalue weighted by molar-refractivity contribution is 5.72. The van der Waals surface area contributed by atoms with Gasteiger partial charge < -0.3 is 4.74 Å². The molecule has 0 saturated carbocycles. The van der Waals surface area contributed by atoms with Crippen LogP contribution in [0.1, 0.15) is 19.4 Å². The van der Waals surface area contributed by atoms with Gasteiger partial charge in [-0.2, -0.15) is 5.26 Å². The molecular formula is C16H13F2NO. The molecule has 0 radical (unpaired) electrons. The van der Waals surface area contributed by atoms with Crippen LogP contribution in [0.5, 0.6) is 5.75 Å². The fourth-order valence-electron chi connectivity index (χ4n) is 1.87. The van der Waals surface area contributed by atoms with Crippen molar-refractivity contribution in [3.05, 3.63) is 53.6 Å². The zero-order valence-electron chi connectivity index (χ0n) is 11.2. The summed E-state index contributed by atoms with van der Waals surface area (Å²) in [5.41, 5.74) is 1.04. The van der Waals surface area contributed by atoms with E-state index < -0.39 is 11.6 Å². The lowest BCUT2D eigenvalue weighted by molar-refractivity contribution is 0.243. The molecule has 0 aromatic heterocycles. The summed E-state index contributed by atoms with van der Waals surface area (Å²) in [6, 6.07) is 10.1. The summed E-state index contributed by atoms with van der Waals surface area (Å²) in [5.74, 6) is -0.868. The van der Waals surface area contributed by atoms with E-state index in [0.29, 0.717) is 16.9 Å². The zero-order chi connectivity index (χ0) is 14.7. The van der Waals surface area contributed by atoms with Gasteiger partial charge in [-0.25, -0.2) is 8.78 Å². The largest absolute Gasteiger partial charge is 0.490 e. The Morgan fingerprint density at radius 2 is 1.80 bits per heavy atom. The van der Waals surface area contributed by atoms with Crippen molar-refractivity contribution in [1.29, 1.82) is 5.26 Å². The Bertz CT molecular complexity index is 675. The highest BCUT2D eigenvalue weighted by Crippen LogP contribution is 2.33. The Labute approximate surface area is 116 Å². The van der Waals surface area contributed by atoms with Crippen LogP contribution in [0.3, 0.4) is 0 Å². The molecule has 0 bridgehead atoms. The van der Waals surface area contributed by atoms with Crippen molar-refractivity contribution in [2.45, 2.75) is 20.0 Å². The van der Waals surface area contributed by atoms with Crippen LogP contribution in [0.25, 0.3) is 11.1 Å². The molecule has 2 aromatic rings. The minimum absolute atomic E-state index is 0.0924. The van der Waals surface area contributed by atoms with Crippen molar-refractivity contribution in [2.75, 3.05) is 0 Å². The van der Waals surface area contributed by atoms with Gasteiger partial charge in [-0.05, 0) is 44.2 Å². The number of nitriles is 1. The summed E-state index contributed by atoms with van der Waals surface area (Å²) in [5, 5.41) is 8.95. The van der Waals surface area contributed by atoms with Crippen LogP contribution in [-0.2, 0) is 0 Å². The first-order valence-corrected chi connectivity index (χ1v) is 6.17. The molecule has 20 heavy (non-hydrogen) atoms. The van der Waals surface area contributed by atoms with Crippen molar-refractivity contribution in [3.8, 4) is 22.9 Å². The number of rotatable bonds is 3. The quantitative estimate of drug-likeness (QED) is 0.835. The fourth-order valence-corrected chi connectivity index (χ4v) is 1.87. The van der Waals surface area contributed by atoms with E-state index >= 15 is 0 Å². The Balaban J connectivity index is 2.60. The molecule has 0 spiro atoms. The maximum Gasteiger partial charge on any atom is 0.134 e. The van der Waals surface area contributed by atoms with E-state index in [9.17, 15) is 8.78 Å². The summed E-state index contributed by atoms with van der Waals surface area (Å²) in [6.07, 6.45) is -0.0924. The maximum absolute atomic E-state index is 13.9. The summed E-state index contributed by atoms with van der Waals surface area (Å²) >= 11 is 0. The fraction of sp³-hybridized carbons (Fsp3) is 0.188. The lowest BCUT2D eigenvalue weighted by atomic mass is 10.0. The van der Waals surface area contributed by atoms with Crippen molar-refractivity contribution in [3.63, 3.8) is 0 Å². The molecule has 0 atom stereocenters. The second kappa shape index (κ2) is 5.70. The van der Waals surface area contributed by atoms with E-state index in [1.807, 2.05) is 19.9 Å². The first kappa shape index (κ1) is 14.0. The molecule has 4 heteroatoms. The van der Waals surface area contributed by atoms with Gasteiger partial charge in [-0.15, -0.1) is 0 Å². The molecule has 0 heterocycles. The molecule has 2 nitrogen and oxygen atoms in total. The summed E-state index contributed by atoms with van der Waals surface area (Å²) in [7, 11) is 0. The number of hydrogen-bond acceptors (Lipinski definition) is 2. The lowest BCUT2D eigenvalue weighted by Gasteiger charge is -2.15. The van der Waals surface area contributed by atoms with Gasteiger partial charge in [-0.3, -0.25) is 0 Å². The minimum Gasteiger partial charge on any atom is -0.490 e. The molecule has 0 saturated heterocycles. The molecule has 0 aliphatic rings. The number of benzene rings is 2. The average Bonchev–Trinajstić information content (AvgIpc) is 2.39. The van der Waals surface area contributed by atoms with Crippen molar-refractivity contribution >= 4 is 0 Å². The van der Waals surface area contributed by atoms with Gasteiger partial charge in [0.2, 0.25) is 0 Å². The molecule has 0 amide bonds. The van der Waals surface area contributed by atoms with Gasteiger partial charge in [-0.1, -0.05) is 0 Å². The van der Waals surface area contributed by atoms with Gasteiger partial charge in [0.15, 0.2) is 0 Å². The average molecular weight is 273 g/mol. The number of halogens is 2. The first-order valence-electron chi connectivity index (χ1n) is 6.17. The maximum atomic E-state index is 13.9. The predicted octanol–water partition coefficient (Wildman–Crippen LogP) is 4.29. The number of ether oxygens (including phenoxy) is 1. The van der Waals surface area contributed by atoms with Gasteiger partial charge in [0.1, 0.15) is 17.4 Å². The molecule has 0 aliphatic heterocycles. The molecule has 0 aliphatic carbocycles. The minimum atomic E-state index is -0.686. The van der Waals surface area contributed by atoms with Crippen molar-refractivity contribution in [2.24, 2.45) is 0 Å². The van der Waals surface area contributed by atoms with E-state index in [0.717, 1.165) is 6.07 Å². The predicted molar refractivity (Wildman–Crippen MR) is 72.3 cm³/mol. The first-order chi connectivity index (χ1) is 9.51. The molecule has 0 N–H and O–H groups in total. The molecule has 2 aromatic carbocycles. The molecular weight excluding hydrogens is 260 g/mol. The summed E-state index contributed by atoms with van der Waals surface area (Å²) in [6.45, 7) is 3.70. The zero-order valence-corrected chi connectivity index (χ0v) is 11.2. The molecule has 2 rings (SSSR count). The molecule has 0 fully saturated rings. The second-order valence-corrected chi connectivity index (χ2v) is 4.61. The van der Waals surface area contributed by atoms with E-state index in [2.05, 4.69) is 0 Å². The Morgan fingerprint density at radius 3 is 2.40 bits per heavy atom. The monoisotopic (exact) mass is 273 g/mol. The number of hydrogen-bond donors (Lipinski definition) is 0. The van der Waals surface area contributed by atoms with Gasteiger partial charge in [0.05, 0.1) is 17.7 Å². The third-order valence-electron chi connectivity index (χ3n) is 2.69. The summed E-state index contributed by atoms with van der Waals surface area (Å²) < 4.78 is 32.5. The smallest absolute Gasteiger partial charge is 0.134 e. The third kappa shape index (κ3) is 2.94. The highest BCUT2D eigenvalue weighted by Gasteiger charge is 2.13. The number of nitrogens with zero attached hydrogens (tertiary/aromatic N) is 1. The van der Waals surface area contributed by atoms with Crippen LogP contribution < -0.4 is 4.74 Å².